The summed E-state index contributed by atoms with van der Waals surface area (Å²) in [4.78, 5) is 45.1. The third-order valence-corrected chi connectivity index (χ3v) is 7.43. The van der Waals surface area contributed by atoms with Crippen molar-refractivity contribution in [1.29, 1.82) is 0 Å². The minimum Gasteiger partial charge on any atom is -0.324 e. The van der Waals surface area contributed by atoms with E-state index in [1.54, 1.807) is 6.92 Å². The second-order valence-corrected chi connectivity index (χ2v) is 9.64. The third kappa shape index (κ3) is 4.61. The Bertz CT molecular complexity index is 1480. The highest BCUT2D eigenvalue weighted by atomic mass is 32.1. The molecule has 1 atom stereocenters. The first kappa shape index (κ1) is 24.3. The number of nitrogens with zero attached hydrogens (tertiary/aromatic N) is 2. The number of benzene rings is 2. The number of amides is 2. The number of hydrogen-bond donors (Lipinski definition) is 2. The summed E-state index contributed by atoms with van der Waals surface area (Å²) in [5.41, 5.74) is 4.55. The topological polar surface area (TPSA) is 93.1 Å². The van der Waals surface area contributed by atoms with Crippen LogP contribution in [0.5, 0.6) is 0 Å². The van der Waals surface area contributed by atoms with Gasteiger partial charge in [-0.2, -0.15) is 0 Å². The van der Waals surface area contributed by atoms with Crippen LogP contribution in [-0.4, -0.2) is 21.4 Å². The first-order valence-electron chi connectivity index (χ1n) is 11.5. The average molecular weight is 489 g/mol. The number of aryl methyl sites for hydroxylation is 4. The number of carbonyl (C=O) groups is 2. The van der Waals surface area contributed by atoms with Crippen molar-refractivity contribution in [2.45, 2.75) is 47.1 Å². The van der Waals surface area contributed by atoms with Gasteiger partial charge in [0.15, 0.2) is 0 Å². The van der Waals surface area contributed by atoms with E-state index in [1.165, 1.54) is 22.2 Å². The Balaban J connectivity index is 1.69. The van der Waals surface area contributed by atoms with Crippen molar-refractivity contribution in [3.63, 3.8) is 0 Å². The zero-order valence-electron chi connectivity index (χ0n) is 20.4. The fourth-order valence-electron chi connectivity index (χ4n) is 4.19. The molecule has 1 unspecified atom stereocenters. The number of nitrogens with one attached hydrogen (secondary N) is 2. The zero-order chi connectivity index (χ0) is 25.3. The highest BCUT2D eigenvalue weighted by molar-refractivity contribution is 7.20. The molecule has 2 amide bonds. The first-order valence-corrected chi connectivity index (χ1v) is 12.3. The van der Waals surface area contributed by atoms with Gasteiger partial charge in [0, 0.05) is 11.4 Å². The summed E-state index contributed by atoms with van der Waals surface area (Å²) in [6.07, 6.45) is 1.82. The van der Waals surface area contributed by atoms with Gasteiger partial charge in [-0.15, -0.1) is 11.3 Å². The predicted molar refractivity (Wildman–Crippen MR) is 142 cm³/mol. The van der Waals surface area contributed by atoms with Gasteiger partial charge in [0.1, 0.15) is 10.9 Å². The molecule has 0 saturated heterocycles. The number of thiophene rings is 1. The summed E-state index contributed by atoms with van der Waals surface area (Å²) < 4.78 is 1.37. The van der Waals surface area contributed by atoms with Crippen LogP contribution in [0.15, 0.2) is 53.6 Å². The molecule has 4 aromatic rings. The lowest BCUT2D eigenvalue weighted by molar-refractivity contribution is -0.119. The maximum atomic E-state index is 13.5. The maximum absolute atomic E-state index is 13.5. The zero-order valence-corrected chi connectivity index (χ0v) is 21.2. The number of para-hydroxylation sites is 2. The van der Waals surface area contributed by atoms with Crippen LogP contribution in [0.3, 0.4) is 0 Å². The van der Waals surface area contributed by atoms with Gasteiger partial charge in [0.25, 0.3) is 11.5 Å². The summed E-state index contributed by atoms with van der Waals surface area (Å²) in [5, 5.41) is 6.28. The Morgan fingerprint density at radius 2 is 1.63 bits per heavy atom. The molecule has 0 spiro atoms. The molecular formula is C27H28N4O3S. The molecule has 2 N–H and O–H groups in total. The summed E-state index contributed by atoms with van der Waals surface area (Å²) >= 11 is 1.18. The molecule has 7 nitrogen and oxygen atoms in total. The third-order valence-electron chi connectivity index (χ3n) is 6.23. The fourth-order valence-corrected chi connectivity index (χ4v) is 5.23. The van der Waals surface area contributed by atoms with Crippen molar-refractivity contribution >= 4 is 44.7 Å². The Labute approximate surface area is 207 Å². The summed E-state index contributed by atoms with van der Waals surface area (Å²) in [6.45, 7) is 9.38. The molecular weight excluding hydrogens is 460 g/mol. The van der Waals surface area contributed by atoms with Crippen LogP contribution in [0, 0.1) is 27.7 Å². The minimum atomic E-state index is -0.734. The van der Waals surface area contributed by atoms with Gasteiger partial charge in [-0.05, 0) is 62.4 Å². The van der Waals surface area contributed by atoms with Crippen LogP contribution in [0.25, 0.3) is 10.2 Å². The van der Waals surface area contributed by atoms with Crippen LogP contribution in [0.4, 0.5) is 11.4 Å². The Morgan fingerprint density at radius 1 is 0.971 bits per heavy atom. The standard InChI is InChI=1S/C27H28N4O3S/c1-6-20(24(32)30-22-16(3)11-9-12-17(22)4)31-14-28-26-21(27(31)34)18(5)23(35-26)25(33)29-19-13-8-7-10-15(19)2/h7-14,20H,6H2,1-5H3,(H,29,33)(H,30,32). The summed E-state index contributed by atoms with van der Waals surface area (Å²) in [5.74, 6) is -0.566. The second kappa shape index (κ2) is 9.84. The van der Waals surface area contributed by atoms with Crippen molar-refractivity contribution in [3.05, 3.63) is 86.3 Å². The van der Waals surface area contributed by atoms with Crippen LogP contribution in [0.1, 0.15) is 51.3 Å². The van der Waals surface area contributed by atoms with E-state index < -0.39 is 6.04 Å². The Hall–Kier alpha value is -3.78. The number of hydrogen-bond acceptors (Lipinski definition) is 5. The van der Waals surface area contributed by atoms with Crippen LogP contribution in [-0.2, 0) is 4.79 Å². The highest BCUT2D eigenvalue weighted by Gasteiger charge is 2.25. The normalized spacial score (nSPS) is 11.9. The largest absolute Gasteiger partial charge is 0.324 e. The van der Waals surface area contributed by atoms with E-state index in [1.807, 2.05) is 70.2 Å². The molecule has 8 heteroatoms. The highest BCUT2D eigenvalue weighted by Crippen LogP contribution is 2.29. The van der Waals surface area contributed by atoms with Crippen molar-refractivity contribution in [2.24, 2.45) is 0 Å². The number of rotatable bonds is 6. The lowest BCUT2D eigenvalue weighted by atomic mass is 10.1. The SMILES string of the molecule is CCC(C(=O)Nc1c(C)cccc1C)n1cnc2sc(C(=O)Nc3ccccc3C)c(C)c2c1=O. The maximum Gasteiger partial charge on any atom is 0.266 e. The lowest BCUT2D eigenvalue weighted by Gasteiger charge is -2.19. The molecule has 0 aliphatic heterocycles. The molecule has 0 aliphatic carbocycles. The van der Waals surface area contributed by atoms with E-state index in [9.17, 15) is 14.4 Å². The van der Waals surface area contributed by atoms with E-state index in [0.717, 1.165) is 22.4 Å². The first-order chi connectivity index (χ1) is 16.7. The van der Waals surface area contributed by atoms with E-state index in [-0.39, 0.29) is 17.4 Å². The summed E-state index contributed by atoms with van der Waals surface area (Å²) in [6, 6.07) is 12.6. The van der Waals surface area contributed by atoms with Crippen molar-refractivity contribution in [3.8, 4) is 0 Å². The van der Waals surface area contributed by atoms with Crippen LogP contribution >= 0.6 is 11.3 Å². The number of aromatic nitrogens is 2. The monoisotopic (exact) mass is 488 g/mol. The molecule has 0 aliphatic rings. The van der Waals surface area contributed by atoms with Gasteiger partial charge in [-0.3, -0.25) is 19.0 Å². The molecule has 4 rings (SSSR count). The van der Waals surface area contributed by atoms with Gasteiger partial charge in [-0.1, -0.05) is 43.3 Å². The Morgan fingerprint density at radius 3 is 2.29 bits per heavy atom. The van der Waals surface area contributed by atoms with Crippen molar-refractivity contribution in [1.82, 2.24) is 9.55 Å². The minimum absolute atomic E-state index is 0.279. The second-order valence-electron chi connectivity index (χ2n) is 8.64. The number of anilines is 2. The van der Waals surface area contributed by atoms with Crippen molar-refractivity contribution in [2.75, 3.05) is 10.6 Å². The van der Waals surface area contributed by atoms with Crippen LogP contribution < -0.4 is 16.2 Å². The smallest absolute Gasteiger partial charge is 0.266 e. The molecule has 0 saturated carbocycles. The number of fused-ring (bicyclic) bond motifs is 1. The molecule has 0 radical (unpaired) electrons. The lowest BCUT2D eigenvalue weighted by Crippen LogP contribution is -2.33. The number of carbonyl (C=O) groups excluding carboxylic acids is 2. The van der Waals surface area contributed by atoms with Crippen molar-refractivity contribution < 1.29 is 9.59 Å². The van der Waals surface area contributed by atoms with Gasteiger partial charge in [-0.25, -0.2) is 4.98 Å². The van der Waals surface area contributed by atoms with E-state index in [4.69, 9.17) is 0 Å². The molecule has 2 aromatic carbocycles. The fraction of sp³-hybridized carbons (Fsp3) is 0.259. The molecule has 0 fully saturated rings. The molecule has 0 bridgehead atoms. The van der Waals surface area contributed by atoms with E-state index in [0.29, 0.717) is 32.8 Å². The van der Waals surface area contributed by atoms with E-state index >= 15 is 0 Å². The van der Waals surface area contributed by atoms with E-state index in [2.05, 4.69) is 15.6 Å². The van der Waals surface area contributed by atoms with Gasteiger partial charge < -0.3 is 10.6 Å². The summed E-state index contributed by atoms with van der Waals surface area (Å²) in [7, 11) is 0. The molecule has 2 heterocycles. The van der Waals surface area contributed by atoms with Gasteiger partial charge in [0.2, 0.25) is 5.91 Å². The molecule has 2 aromatic heterocycles. The van der Waals surface area contributed by atoms with Gasteiger partial charge in [0.05, 0.1) is 16.6 Å². The quantitative estimate of drug-likeness (QED) is 0.373. The molecule has 35 heavy (non-hydrogen) atoms. The van der Waals surface area contributed by atoms with Crippen LogP contribution in [0.2, 0.25) is 0 Å². The predicted octanol–water partition coefficient (Wildman–Crippen LogP) is 5.53. The Kier molecular flexibility index (Phi) is 6.84. The average Bonchev–Trinajstić information content (AvgIpc) is 3.17. The van der Waals surface area contributed by atoms with Gasteiger partial charge >= 0.3 is 0 Å². The molecule has 180 valence electrons.